The minimum atomic E-state index is -1.06. The lowest BCUT2D eigenvalue weighted by atomic mass is 9.86. The molecule has 1 unspecified atom stereocenters. The number of aromatic nitrogens is 3. The van der Waals surface area contributed by atoms with Crippen molar-refractivity contribution in [1.82, 2.24) is 19.9 Å². The molecule has 0 bridgehead atoms. The molecule has 224 valence electrons. The van der Waals surface area contributed by atoms with Crippen molar-refractivity contribution in [3.05, 3.63) is 36.5 Å². The fraction of sp³-hybridized carbons (Fsp3) is 0.655. The number of methoxy groups -OCH3 is 1. The Labute approximate surface area is 240 Å². The van der Waals surface area contributed by atoms with Gasteiger partial charge in [0.2, 0.25) is 0 Å². The Bertz CT molecular complexity index is 1190. The van der Waals surface area contributed by atoms with E-state index in [2.05, 4.69) is 15.5 Å². The molecular weight excluding hydrogens is 530 g/mol. The monoisotopic (exact) mass is 571 g/mol. The standard InChI is InChI=1S/C29H41N5O7/c1-29(2,3)40-28(37)33-12-10-19(11-13-33)21-14-20(41-31-21)15-23-27(38-4)25(26(36)24(17-35)39-23)34-16-22(30-32-34)18-8-6-5-7-9-18/h5-9,16,19-20,23-27,35-36H,10-15,17H2,1-4H3/t20?,23-,24-,25+,26+,27+/m1/s1. The van der Waals surface area contributed by atoms with E-state index < -0.39 is 36.1 Å². The van der Waals surface area contributed by atoms with Crippen LogP contribution in [0.15, 0.2) is 41.7 Å². The van der Waals surface area contributed by atoms with Crippen LogP contribution in [-0.4, -0.2) is 105 Å². The Morgan fingerprint density at radius 2 is 1.88 bits per heavy atom. The van der Waals surface area contributed by atoms with Crippen molar-refractivity contribution in [2.45, 2.75) is 88.6 Å². The summed E-state index contributed by atoms with van der Waals surface area (Å²) < 4.78 is 19.1. The Kier molecular flexibility index (Phi) is 8.93. The Morgan fingerprint density at radius 1 is 1.15 bits per heavy atom. The summed E-state index contributed by atoms with van der Waals surface area (Å²) in [5.41, 5.74) is 2.05. The number of likely N-dealkylation sites (tertiary alicyclic amines) is 1. The molecule has 0 spiro atoms. The molecule has 4 heterocycles. The number of oxime groups is 1. The number of carbonyl (C=O) groups is 1. The fourth-order valence-electron chi connectivity index (χ4n) is 5.92. The molecule has 0 radical (unpaired) electrons. The van der Waals surface area contributed by atoms with Crippen LogP contribution in [0.4, 0.5) is 4.79 Å². The van der Waals surface area contributed by atoms with E-state index in [-0.39, 0.29) is 24.7 Å². The van der Waals surface area contributed by atoms with E-state index in [1.54, 1.807) is 22.9 Å². The number of carbonyl (C=O) groups excluding carboxylic acids is 1. The van der Waals surface area contributed by atoms with E-state index in [4.69, 9.17) is 19.0 Å². The maximum Gasteiger partial charge on any atom is 0.410 e. The van der Waals surface area contributed by atoms with Crippen molar-refractivity contribution in [1.29, 1.82) is 0 Å². The van der Waals surface area contributed by atoms with Crippen LogP contribution in [-0.2, 0) is 19.0 Å². The van der Waals surface area contributed by atoms with Gasteiger partial charge in [-0.05, 0) is 33.6 Å². The SMILES string of the molecule is CO[C@@H]1[C@@H](n2cc(-c3ccccc3)nn2)[C@@H](O)[C@@H](CO)O[C@@H]1CC1CC(C2CCN(C(=O)OC(C)(C)C)CC2)=NO1. The fourth-order valence-corrected chi connectivity index (χ4v) is 5.92. The average Bonchev–Trinajstić information content (AvgIpc) is 3.63. The molecule has 6 atom stereocenters. The quantitative estimate of drug-likeness (QED) is 0.513. The molecule has 2 N–H and O–H groups in total. The Balaban J connectivity index is 1.21. The zero-order valence-corrected chi connectivity index (χ0v) is 24.1. The summed E-state index contributed by atoms with van der Waals surface area (Å²) in [6, 6.07) is 9.04. The maximum atomic E-state index is 12.4. The van der Waals surface area contributed by atoms with Gasteiger partial charge >= 0.3 is 6.09 Å². The van der Waals surface area contributed by atoms with Gasteiger partial charge in [-0.2, -0.15) is 0 Å². The summed E-state index contributed by atoms with van der Waals surface area (Å²) in [6.45, 7) is 6.47. The highest BCUT2D eigenvalue weighted by molar-refractivity contribution is 5.88. The largest absolute Gasteiger partial charge is 0.444 e. The third kappa shape index (κ3) is 6.72. The number of benzene rings is 1. The van der Waals surface area contributed by atoms with Gasteiger partial charge in [-0.1, -0.05) is 40.7 Å². The molecule has 2 saturated heterocycles. The first-order valence-corrected chi connectivity index (χ1v) is 14.3. The Morgan fingerprint density at radius 3 is 2.54 bits per heavy atom. The minimum Gasteiger partial charge on any atom is -0.444 e. The highest BCUT2D eigenvalue weighted by Gasteiger charge is 2.48. The van der Waals surface area contributed by atoms with Gasteiger partial charge in [-0.3, -0.25) is 0 Å². The molecule has 3 aliphatic heterocycles. The van der Waals surface area contributed by atoms with E-state index in [1.165, 1.54) is 0 Å². The van der Waals surface area contributed by atoms with Gasteiger partial charge in [0.25, 0.3) is 0 Å². The summed E-state index contributed by atoms with van der Waals surface area (Å²) in [4.78, 5) is 20.0. The number of nitrogens with zero attached hydrogens (tertiary/aromatic N) is 5. The van der Waals surface area contributed by atoms with Crippen molar-refractivity contribution in [2.75, 3.05) is 26.8 Å². The number of hydrogen-bond donors (Lipinski definition) is 2. The highest BCUT2D eigenvalue weighted by Crippen LogP contribution is 2.36. The first-order chi connectivity index (χ1) is 19.7. The molecule has 0 aliphatic carbocycles. The minimum absolute atomic E-state index is 0.232. The van der Waals surface area contributed by atoms with Gasteiger partial charge in [0, 0.05) is 44.5 Å². The number of piperidine rings is 1. The van der Waals surface area contributed by atoms with Crippen LogP contribution in [0.25, 0.3) is 11.3 Å². The molecule has 1 aromatic carbocycles. The number of amides is 1. The number of ether oxygens (including phenoxy) is 3. The first kappa shape index (κ1) is 29.4. The second kappa shape index (κ2) is 12.4. The van der Waals surface area contributed by atoms with Crippen LogP contribution in [0, 0.1) is 5.92 Å². The van der Waals surface area contributed by atoms with Gasteiger partial charge < -0.3 is 34.2 Å². The predicted octanol–water partition coefficient (Wildman–Crippen LogP) is 2.80. The van der Waals surface area contributed by atoms with E-state index in [9.17, 15) is 15.0 Å². The molecule has 2 aromatic rings. The van der Waals surface area contributed by atoms with Gasteiger partial charge in [0.1, 0.15) is 41.8 Å². The second-order valence-corrected chi connectivity index (χ2v) is 12.0. The zero-order chi connectivity index (χ0) is 29.1. The number of hydrogen-bond acceptors (Lipinski definition) is 10. The van der Waals surface area contributed by atoms with Gasteiger partial charge in [-0.25, -0.2) is 9.48 Å². The molecule has 12 heteroatoms. The van der Waals surface area contributed by atoms with Crippen molar-refractivity contribution < 1.29 is 34.1 Å². The molecule has 5 rings (SSSR count). The summed E-state index contributed by atoms with van der Waals surface area (Å²) in [7, 11) is 1.57. The molecular formula is C29H41N5O7. The van der Waals surface area contributed by atoms with Crippen LogP contribution in [0.1, 0.15) is 52.5 Å². The van der Waals surface area contributed by atoms with Gasteiger partial charge in [0.15, 0.2) is 0 Å². The predicted molar refractivity (Wildman–Crippen MR) is 149 cm³/mol. The lowest BCUT2D eigenvalue weighted by molar-refractivity contribution is -0.219. The molecule has 3 aliphatic rings. The van der Waals surface area contributed by atoms with E-state index in [1.807, 2.05) is 51.1 Å². The molecule has 12 nitrogen and oxygen atoms in total. The second-order valence-electron chi connectivity index (χ2n) is 12.0. The summed E-state index contributed by atoms with van der Waals surface area (Å²) in [6.07, 6.45) is 1.04. The van der Waals surface area contributed by atoms with Crippen LogP contribution in [0.5, 0.6) is 0 Å². The van der Waals surface area contributed by atoms with E-state index in [0.29, 0.717) is 31.6 Å². The van der Waals surface area contributed by atoms with Crippen molar-refractivity contribution in [3.8, 4) is 11.3 Å². The molecule has 0 saturated carbocycles. The first-order valence-electron chi connectivity index (χ1n) is 14.3. The lowest BCUT2D eigenvalue weighted by Gasteiger charge is -2.44. The molecule has 41 heavy (non-hydrogen) atoms. The lowest BCUT2D eigenvalue weighted by Crippen LogP contribution is -2.57. The normalized spacial score (nSPS) is 29.2. The third-order valence-corrected chi connectivity index (χ3v) is 7.99. The van der Waals surface area contributed by atoms with E-state index >= 15 is 0 Å². The van der Waals surface area contributed by atoms with Crippen molar-refractivity contribution >= 4 is 11.8 Å². The Hall–Kier alpha value is -3.06. The van der Waals surface area contributed by atoms with Crippen LogP contribution < -0.4 is 0 Å². The van der Waals surface area contributed by atoms with Crippen molar-refractivity contribution in [2.24, 2.45) is 11.1 Å². The molecule has 2 fully saturated rings. The van der Waals surface area contributed by atoms with Crippen molar-refractivity contribution in [3.63, 3.8) is 0 Å². The maximum absolute atomic E-state index is 12.4. The van der Waals surface area contributed by atoms with Gasteiger partial charge in [-0.15, -0.1) is 5.10 Å². The smallest absolute Gasteiger partial charge is 0.410 e. The van der Waals surface area contributed by atoms with Crippen LogP contribution in [0.2, 0.25) is 0 Å². The highest BCUT2D eigenvalue weighted by atomic mass is 16.6. The molecule has 1 aromatic heterocycles. The van der Waals surface area contributed by atoms with E-state index in [0.717, 1.165) is 24.1 Å². The van der Waals surface area contributed by atoms with Crippen LogP contribution >= 0.6 is 0 Å². The van der Waals surface area contributed by atoms with Crippen LogP contribution in [0.3, 0.4) is 0 Å². The summed E-state index contributed by atoms with van der Waals surface area (Å²) >= 11 is 0. The number of rotatable bonds is 7. The number of aliphatic hydroxyl groups excluding tert-OH is 2. The third-order valence-electron chi connectivity index (χ3n) is 7.99. The topological polar surface area (TPSA) is 141 Å². The summed E-state index contributed by atoms with van der Waals surface area (Å²) in [5.74, 6) is 0.232. The average molecular weight is 572 g/mol. The molecule has 1 amide bonds. The van der Waals surface area contributed by atoms with Gasteiger partial charge in [0.05, 0.1) is 24.6 Å². The number of aliphatic hydroxyl groups is 2. The zero-order valence-electron chi connectivity index (χ0n) is 24.1. The summed E-state index contributed by atoms with van der Waals surface area (Å²) in [5, 5.41) is 34.2.